The third-order valence-electron chi connectivity index (χ3n) is 4.38. The number of benzene rings is 1. The zero-order chi connectivity index (χ0) is 17.4. The highest BCUT2D eigenvalue weighted by Gasteiger charge is 2.34. The Bertz CT molecular complexity index is 987. The molecule has 1 fully saturated rings. The lowest BCUT2D eigenvalue weighted by molar-refractivity contribution is 0.0723. The Labute approximate surface area is 143 Å². The van der Waals surface area contributed by atoms with Crippen molar-refractivity contribution in [3.8, 4) is 5.75 Å². The molecule has 7 nitrogen and oxygen atoms in total. The Morgan fingerprint density at radius 1 is 1.24 bits per heavy atom. The summed E-state index contributed by atoms with van der Waals surface area (Å²) in [5.41, 5.74) is 1.93. The van der Waals surface area contributed by atoms with E-state index in [0.717, 1.165) is 24.2 Å². The zero-order valence-corrected chi connectivity index (χ0v) is 13.8. The second-order valence-electron chi connectivity index (χ2n) is 6.15. The molecule has 4 rings (SSSR count). The lowest BCUT2D eigenvalue weighted by Gasteiger charge is -2.23. The predicted octanol–water partition coefficient (Wildman–Crippen LogP) is 2.06. The number of hydrogen-bond acceptors (Lipinski definition) is 4. The van der Waals surface area contributed by atoms with Gasteiger partial charge in [0.05, 0.1) is 12.6 Å². The number of aromatic nitrogens is 3. The molecular weight excluding hydrogens is 320 g/mol. The number of methoxy groups -OCH3 is 1. The normalized spacial score (nSPS) is 13.8. The van der Waals surface area contributed by atoms with Crippen LogP contribution in [-0.4, -0.2) is 38.9 Å². The highest BCUT2D eigenvalue weighted by atomic mass is 16.5. The number of para-hydroxylation sites is 1. The van der Waals surface area contributed by atoms with Gasteiger partial charge in [-0.25, -0.2) is 9.78 Å². The van der Waals surface area contributed by atoms with Crippen molar-refractivity contribution in [1.82, 2.24) is 19.9 Å². The molecule has 2 heterocycles. The number of pyridine rings is 1. The molecule has 25 heavy (non-hydrogen) atoms. The summed E-state index contributed by atoms with van der Waals surface area (Å²) in [5, 5.41) is 0. The highest BCUT2D eigenvalue weighted by Crippen LogP contribution is 2.31. The van der Waals surface area contributed by atoms with E-state index in [0.29, 0.717) is 23.4 Å². The third kappa shape index (κ3) is 3.00. The van der Waals surface area contributed by atoms with E-state index >= 15 is 0 Å². The van der Waals surface area contributed by atoms with Gasteiger partial charge in [-0.15, -0.1) is 0 Å². The number of H-pyrrole nitrogens is 2. The summed E-state index contributed by atoms with van der Waals surface area (Å²) in [6, 6.07) is 11.3. The monoisotopic (exact) mass is 338 g/mol. The van der Waals surface area contributed by atoms with Crippen LogP contribution in [-0.2, 0) is 6.54 Å². The second-order valence-corrected chi connectivity index (χ2v) is 6.15. The summed E-state index contributed by atoms with van der Waals surface area (Å²) in [6.07, 6.45) is 1.98. The summed E-state index contributed by atoms with van der Waals surface area (Å²) in [5.74, 6) is 0.622. The number of hydrogen-bond donors (Lipinski definition) is 2. The average Bonchev–Trinajstić information content (AvgIpc) is 3.39. The molecule has 1 saturated carbocycles. The Morgan fingerprint density at radius 2 is 2.04 bits per heavy atom. The van der Waals surface area contributed by atoms with Crippen molar-refractivity contribution in [3.05, 3.63) is 58.1 Å². The first-order valence-corrected chi connectivity index (χ1v) is 8.17. The molecular formula is C18H18N4O3. The van der Waals surface area contributed by atoms with Crippen LogP contribution >= 0.6 is 0 Å². The van der Waals surface area contributed by atoms with Crippen molar-refractivity contribution in [2.75, 3.05) is 7.11 Å². The minimum atomic E-state index is -0.333. The fourth-order valence-electron chi connectivity index (χ4n) is 2.95. The number of nitrogens with zero attached hydrogens (tertiary/aromatic N) is 2. The van der Waals surface area contributed by atoms with Crippen LogP contribution in [0.3, 0.4) is 0 Å². The Hall–Kier alpha value is -3.09. The summed E-state index contributed by atoms with van der Waals surface area (Å²) in [4.78, 5) is 35.7. The molecule has 1 amide bonds. The van der Waals surface area contributed by atoms with Crippen LogP contribution < -0.4 is 10.4 Å². The smallest absolute Gasteiger partial charge is 0.325 e. The van der Waals surface area contributed by atoms with Crippen LogP contribution in [0.15, 0.2) is 41.2 Å². The molecule has 1 aliphatic carbocycles. The van der Waals surface area contributed by atoms with Crippen molar-refractivity contribution in [2.45, 2.75) is 25.4 Å². The van der Waals surface area contributed by atoms with E-state index in [4.69, 9.17) is 4.74 Å². The van der Waals surface area contributed by atoms with Gasteiger partial charge in [-0.1, -0.05) is 18.2 Å². The Morgan fingerprint density at radius 3 is 2.80 bits per heavy atom. The molecule has 1 aliphatic rings. The van der Waals surface area contributed by atoms with E-state index in [1.54, 1.807) is 19.2 Å². The Kier molecular flexibility index (Phi) is 3.76. The average molecular weight is 338 g/mol. The van der Waals surface area contributed by atoms with E-state index in [1.165, 1.54) is 0 Å². The van der Waals surface area contributed by atoms with Crippen LogP contribution in [0.25, 0.3) is 11.2 Å². The number of ether oxygens (including phenoxy) is 1. The summed E-state index contributed by atoms with van der Waals surface area (Å²) in [6.45, 7) is 0.469. The molecule has 0 aliphatic heterocycles. The quantitative estimate of drug-likeness (QED) is 0.745. The Balaban J connectivity index is 1.65. The lowest BCUT2D eigenvalue weighted by atomic mass is 10.1. The molecule has 2 N–H and O–H groups in total. The zero-order valence-electron chi connectivity index (χ0n) is 13.8. The number of carbonyl (C=O) groups excluding carboxylic acids is 1. The van der Waals surface area contributed by atoms with Crippen LogP contribution in [0, 0.1) is 0 Å². The second kappa shape index (κ2) is 6.08. The number of carbonyl (C=O) groups is 1. The third-order valence-corrected chi connectivity index (χ3v) is 4.38. The minimum absolute atomic E-state index is 0.141. The SMILES string of the molecule is COc1ccccc1CN(C(=O)c1ccc2[nH]c(=O)[nH]c2n1)C1CC1. The first-order chi connectivity index (χ1) is 12.2. The topological polar surface area (TPSA) is 91.1 Å². The molecule has 128 valence electrons. The maximum atomic E-state index is 13.0. The summed E-state index contributed by atoms with van der Waals surface area (Å²) in [7, 11) is 1.62. The fraction of sp³-hybridized carbons (Fsp3) is 0.278. The number of amides is 1. The summed E-state index contributed by atoms with van der Waals surface area (Å²) < 4.78 is 5.39. The fourth-order valence-corrected chi connectivity index (χ4v) is 2.95. The van der Waals surface area contributed by atoms with E-state index < -0.39 is 0 Å². The van der Waals surface area contributed by atoms with Crippen molar-refractivity contribution in [1.29, 1.82) is 0 Å². The first-order valence-electron chi connectivity index (χ1n) is 8.17. The standard InChI is InChI=1S/C18H18N4O3/c1-25-15-5-3-2-4-11(15)10-22(12-6-7-12)17(23)14-9-8-13-16(19-14)21-18(24)20-13/h2-5,8-9,12H,6-7,10H2,1H3,(H2,19,20,21,24). The summed E-state index contributed by atoms with van der Waals surface area (Å²) >= 11 is 0. The first kappa shape index (κ1) is 15.4. The van der Waals surface area contributed by atoms with Gasteiger partial charge in [-0.3, -0.25) is 9.78 Å². The number of aromatic amines is 2. The van der Waals surface area contributed by atoms with Gasteiger partial charge < -0.3 is 14.6 Å². The molecule has 0 unspecified atom stereocenters. The van der Waals surface area contributed by atoms with Crippen molar-refractivity contribution in [3.63, 3.8) is 0 Å². The highest BCUT2D eigenvalue weighted by molar-refractivity contribution is 5.94. The maximum Gasteiger partial charge on any atom is 0.325 e. The van der Waals surface area contributed by atoms with Crippen LogP contribution in [0.2, 0.25) is 0 Å². The largest absolute Gasteiger partial charge is 0.496 e. The van der Waals surface area contributed by atoms with E-state index in [9.17, 15) is 9.59 Å². The number of rotatable bonds is 5. The van der Waals surface area contributed by atoms with Crippen LogP contribution in [0.4, 0.5) is 0 Å². The molecule has 0 saturated heterocycles. The van der Waals surface area contributed by atoms with Crippen molar-refractivity contribution < 1.29 is 9.53 Å². The van der Waals surface area contributed by atoms with Gasteiger partial charge in [-0.05, 0) is 31.0 Å². The maximum absolute atomic E-state index is 13.0. The van der Waals surface area contributed by atoms with Gasteiger partial charge in [0.2, 0.25) is 0 Å². The lowest BCUT2D eigenvalue weighted by Crippen LogP contribution is -2.33. The molecule has 7 heteroatoms. The van der Waals surface area contributed by atoms with Crippen LogP contribution in [0.1, 0.15) is 28.9 Å². The molecule has 0 spiro atoms. The molecule has 0 bridgehead atoms. The van der Waals surface area contributed by atoms with Gasteiger partial charge in [0.25, 0.3) is 5.91 Å². The molecule has 0 radical (unpaired) electrons. The van der Waals surface area contributed by atoms with E-state index in [2.05, 4.69) is 15.0 Å². The van der Waals surface area contributed by atoms with E-state index in [1.807, 2.05) is 29.2 Å². The minimum Gasteiger partial charge on any atom is -0.496 e. The van der Waals surface area contributed by atoms with Gasteiger partial charge in [0.1, 0.15) is 11.4 Å². The molecule has 3 aromatic rings. The van der Waals surface area contributed by atoms with Gasteiger partial charge in [-0.2, -0.15) is 0 Å². The van der Waals surface area contributed by atoms with Gasteiger partial charge >= 0.3 is 5.69 Å². The van der Waals surface area contributed by atoms with Crippen LogP contribution in [0.5, 0.6) is 5.75 Å². The van der Waals surface area contributed by atoms with Crippen molar-refractivity contribution >= 4 is 17.1 Å². The molecule has 0 atom stereocenters. The van der Waals surface area contributed by atoms with E-state index in [-0.39, 0.29) is 17.6 Å². The van der Waals surface area contributed by atoms with Gasteiger partial charge in [0, 0.05) is 18.2 Å². The molecule has 1 aromatic carbocycles. The molecule has 2 aromatic heterocycles. The van der Waals surface area contributed by atoms with Gasteiger partial charge in [0.15, 0.2) is 5.65 Å². The predicted molar refractivity (Wildman–Crippen MR) is 92.6 cm³/mol. The number of fused-ring (bicyclic) bond motifs is 1. The number of imidazole rings is 1. The number of nitrogens with one attached hydrogen (secondary N) is 2. The van der Waals surface area contributed by atoms with Crippen molar-refractivity contribution in [2.24, 2.45) is 0 Å².